The van der Waals surface area contributed by atoms with Crippen molar-refractivity contribution in [2.45, 2.75) is 71.5 Å². The Hall–Kier alpha value is -0.800. The van der Waals surface area contributed by atoms with E-state index in [1.807, 2.05) is 6.07 Å². The molecule has 0 spiro atoms. The average Bonchev–Trinajstić information content (AvgIpc) is 3.27. The summed E-state index contributed by atoms with van der Waals surface area (Å²) in [5.74, 6) is 1.05. The van der Waals surface area contributed by atoms with Crippen LogP contribution in [-0.2, 0) is 6.54 Å². The van der Waals surface area contributed by atoms with Crippen molar-refractivity contribution in [3.05, 3.63) is 22.8 Å². The molecule has 1 aromatic heterocycles. The highest BCUT2D eigenvalue weighted by atomic mass is 35.5. The topological polar surface area (TPSA) is 28.2 Å². The van der Waals surface area contributed by atoms with Crippen LogP contribution < -0.4 is 10.2 Å². The van der Waals surface area contributed by atoms with Gasteiger partial charge in [-0.25, -0.2) is 4.98 Å². The van der Waals surface area contributed by atoms with Crippen molar-refractivity contribution in [2.24, 2.45) is 0 Å². The Morgan fingerprint density at radius 3 is 2.71 bits per heavy atom. The summed E-state index contributed by atoms with van der Waals surface area (Å²) in [5, 5.41) is 4.26. The van der Waals surface area contributed by atoms with E-state index in [1.54, 1.807) is 0 Å². The Labute approximate surface area is 134 Å². The molecule has 1 aromatic rings. The van der Waals surface area contributed by atoms with Crippen LogP contribution in [0.5, 0.6) is 0 Å². The minimum atomic E-state index is 0.458. The number of unbranched alkanes of at least 4 members (excludes halogenated alkanes) is 2. The van der Waals surface area contributed by atoms with Crippen molar-refractivity contribution in [1.82, 2.24) is 10.3 Å². The molecule has 1 aliphatic carbocycles. The van der Waals surface area contributed by atoms with E-state index in [0.717, 1.165) is 29.6 Å². The fourth-order valence-electron chi connectivity index (χ4n) is 2.45. The maximum absolute atomic E-state index is 6.29. The molecule has 0 aliphatic heterocycles. The second kappa shape index (κ2) is 8.00. The number of rotatable bonds is 9. The van der Waals surface area contributed by atoms with E-state index in [9.17, 15) is 0 Å². The monoisotopic (exact) mass is 309 g/mol. The van der Waals surface area contributed by atoms with Crippen molar-refractivity contribution < 1.29 is 0 Å². The lowest BCUT2D eigenvalue weighted by Gasteiger charge is -2.28. The molecule has 0 unspecified atom stereocenters. The fraction of sp³-hybridized carbons (Fsp3) is 0.706. The van der Waals surface area contributed by atoms with Crippen molar-refractivity contribution in [3.63, 3.8) is 0 Å². The Balaban J connectivity index is 2.05. The molecule has 1 saturated carbocycles. The van der Waals surface area contributed by atoms with E-state index in [-0.39, 0.29) is 0 Å². The highest BCUT2D eigenvalue weighted by molar-refractivity contribution is 6.31. The molecule has 1 heterocycles. The van der Waals surface area contributed by atoms with Crippen molar-refractivity contribution in [2.75, 3.05) is 11.4 Å². The predicted molar refractivity (Wildman–Crippen MR) is 91.1 cm³/mol. The highest BCUT2D eigenvalue weighted by Crippen LogP contribution is 2.24. The molecule has 4 heteroatoms. The van der Waals surface area contributed by atoms with Crippen LogP contribution in [0.25, 0.3) is 0 Å². The van der Waals surface area contributed by atoms with Gasteiger partial charge in [0.2, 0.25) is 0 Å². The fourth-order valence-corrected chi connectivity index (χ4v) is 2.63. The Bertz CT molecular complexity index is 444. The third kappa shape index (κ3) is 5.15. The summed E-state index contributed by atoms with van der Waals surface area (Å²) in [5.41, 5.74) is 0.974. The minimum absolute atomic E-state index is 0.458. The van der Waals surface area contributed by atoms with Gasteiger partial charge in [-0.15, -0.1) is 0 Å². The van der Waals surface area contributed by atoms with Crippen LogP contribution >= 0.6 is 11.6 Å². The maximum atomic E-state index is 6.29. The lowest BCUT2D eigenvalue weighted by atomic mass is 10.2. The number of anilines is 1. The van der Waals surface area contributed by atoms with Crippen molar-refractivity contribution >= 4 is 17.4 Å². The molecule has 0 radical (unpaired) electrons. The quantitative estimate of drug-likeness (QED) is 0.686. The second-order valence-electron chi connectivity index (χ2n) is 6.25. The number of hydrogen-bond donors (Lipinski definition) is 1. The van der Waals surface area contributed by atoms with Gasteiger partial charge in [-0.3, -0.25) is 0 Å². The number of hydrogen-bond acceptors (Lipinski definition) is 3. The van der Waals surface area contributed by atoms with Gasteiger partial charge in [-0.2, -0.15) is 0 Å². The first-order valence-electron chi connectivity index (χ1n) is 8.27. The molecule has 0 bridgehead atoms. The van der Waals surface area contributed by atoms with Crippen LogP contribution in [0.3, 0.4) is 0 Å². The van der Waals surface area contributed by atoms with Gasteiger partial charge < -0.3 is 10.2 Å². The predicted octanol–water partition coefficient (Wildman–Crippen LogP) is 4.39. The summed E-state index contributed by atoms with van der Waals surface area (Å²) >= 11 is 6.29. The molecule has 0 aromatic carbocycles. The molecular weight excluding hydrogens is 282 g/mol. The molecule has 1 fully saturated rings. The third-order valence-corrected chi connectivity index (χ3v) is 4.30. The Kier molecular flexibility index (Phi) is 6.31. The second-order valence-corrected chi connectivity index (χ2v) is 6.65. The number of aromatic nitrogens is 1. The van der Waals surface area contributed by atoms with Crippen LogP contribution in [0.4, 0.5) is 5.82 Å². The van der Waals surface area contributed by atoms with Crippen LogP contribution in [-0.4, -0.2) is 23.6 Å². The summed E-state index contributed by atoms with van der Waals surface area (Å²) in [6, 6.07) is 5.18. The summed E-state index contributed by atoms with van der Waals surface area (Å²) in [6.45, 7) is 8.53. The lowest BCUT2D eigenvalue weighted by molar-refractivity contribution is 0.615. The molecule has 1 N–H and O–H groups in total. The molecule has 1 aliphatic rings. The number of halogens is 1. The van der Waals surface area contributed by atoms with Crippen LogP contribution in [0.1, 0.15) is 58.6 Å². The number of nitrogens with one attached hydrogen (secondary N) is 1. The molecule has 118 valence electrons. The van der Waals surface area contributed by atoms with Crippen LogP contribution in [0.15, 0.2) is 12.1 Å². The first-order chi connectivity index (χ1) is 10.1. The van der Waals surface area contributed by atoms with E-state index in [1.165, 1.54) is 32.1 Å². The normalized spacial score (nSPS) is 14.7. The molecule has 0 atom stereocenters. The SMILES string of the molecule is CCCCCN(c1ccc(Cl)c(CNC2CC2)n1)C(C)C. The van der Waals surface area contributed by atoms with Crippen molar-refractivity contribution in [1.29, 1.82) is 0 Å². The Morgan fingerprint density at radius 2 is 2.10 bits per heavy atom. The van der Waals surface area contributed by atoms with Gasteiger partial charge in [0.25, 0.3) is 0 Å². The molecule has 0 saturated heterocycles. The standard InChI is InChI=1S/C17H28ClN3/c1-4-5-6-11-21(13(2)3)17-10-9-15(18)16(20-17)12-19-14-7-8-14/h9-10,13-14,19H,4-8,11-12H2,1-3H3. The molecular formula is C17H28ClN3. The van der Waals surface area contributed by atoms with Gasteiger partial charge in [0, 0.05) is 25.2 Å². The average molecular weight is 310 g/mol. The largest absolute Gasteiger partial charge is 0.354 e. The zero-order chi connectivity index (χ0) is 15.2. The smallest absolute Gasteiger partial charge is 0.129 e. The lowest BCUT2D eigenvalue weighted by Crippen LogP contribution is -2.33. The first-order valence-corrected chi connectivity index (χ1v) is 8.65. The van der Waals surface area contributed by atoms with Crippen LogP contribution in [0.2, 0.25) is 5.02 Å². The van der Waals surface area contributed by atoms with Gasteiger partial charge in [0.15, 0.2) is 0 Å². The van der Waals surface area contributed by atoms with E-state index < -0.39 is 0 Å². The molecule has 3 nitrogen and oxygen atoms in total. The summed E-state index contributed by atoms with van der Waals surface area (Å²) in [7, 11) is 0. The molecule has 2 rings (SSSR count). The van der Waals surface area contributed by atoms with Gasteiger partial charge in [-0.1, -0.05) is 31.4 Å². The van der Waals surface area contributed by atoms with E-state index >= 15 is 0 Å². The van der Waals surface area contributed by atoms with E-state index in [4.69, 9.17) is 16.6 Å². The first kappa shape index (κ1) is 16.6. The Morgan fingerprint density at radius 1 is 1.33 bits per heavy atom. The molecule has 21 heavy (non-hydrogen) atoms. The summed E-state index contributed by atoms with van der Waals surface area (Å²) in [6.07, 6.45) is 6.30. The van der Waals surface area contributed by atoms with Gasteiger partial charge >= 0.3 is 0 Å². The minimum Gasteiger partial charge on any atom is -0.354 e. The van der Waals surface area contributed by atoms with E-state index in [2.05, 4.69) is 37.1 Å². The number of nitrogens with zero attached hydrogens (tertiary/aromatic N) is 2. The highest BCUT2D eigenvalue weighted by Gasteiger charge is 2.21. The van der Waals surface area contributed by atoms with Gasteiger partial charge in [0.1, 0.15) is 5.82 Å². The zero-order valence-electron chi connectivity index (χ0n) is 13.5. The van der Waals surface area contributed by atoms with Gasteiger partial charge in [0.05, 0.1) is 10.7 Å². The number of pyridine rings is 1. The molecule has 0 amide bonds. The van der Waals surface area contributed by atoms with Crippen LogP contribution in [0, 0.1) is 0 Å². The maximum Gasteiger partial charge on any atom is 0.129 e. The summed E-state index contributed by atoms with van der Waals surface area (Å²) in [4.78, 5) is 7.19. The van der Waals surface area contributed by atoms with Crippen molar-refractivity contribution in [3.8, 4) is 0 Å². The van der Waals surface area contributed by atoms with Gasteiger partial charge in [-0.05, 0) is 45.2 Å². The van der Waals surface area contributed by atoms with E-state index in [0.29, 0.717) is 12.1 Å². The summed E-state index contributed by atoms with van der Waals surface area (Å²) < 4.78 is 0. The third-order valence-electron chi connectivity index (χ3n) is 3.96. The zero-order valence-corrected chi connectivity index (χ0v) is 14.3.